The maximum Gasteiger partial charge on any atom is 0.227 e. The number of ketones is 1. The summed E-state index contributed by atoms with van der Waals surface area (Å²) in [6.45, 7) is 7.42. The van der Waals surface area contributed by atoms with Crippen LogP contribution in [0.25, 0.3) is 0 Å². The Labute approximate surface area is 112 Å². The first-order valence-corrected chi connectivity index (χ1v) is 6.16. The number of aromatic nitrogens is 2. The SMILES string of the molecule is CC(=O)c1cnc(Nc2ccc(C)cc2C)nc1C. The molecule has 0 spiro atoms. The van der Waals surface area contributed by atoms with Gasteiger partial charge in [-0.15, -0.1) is 0 Å². The fraction of sp³-hybridized carbons (Fsp3) is 0.267. The number of anilines is 2. The zero-order chi connectivity index (χ0) is 14.0. The van der Waals surface area contributed by atoms with Gasteiger partial charge >= 0.3 is 0 Å². The van der Waals surface area contributed by atoms with Crippen molar-refractivity contribution in [2.75, 3.05) is 5.32 Å². The molecule has 19 heavy (non-hydrogen) atoms. The zero-order valence-corrected chi connectivity index (χ0v) is 11.6. The minimum atomic E-state index is -0.0180. The molecule has 4 heteroatoms. The van der Waals surface area contributed by atoms with Crippen molar-refractivity contribution in [3.63, 3.8) is 0 Å². The molecule has 0 radical (unpaired) electrons. The largest absolute Gasteiger partial charge is 0.324 e. The molecule has 0 aliphatic heterocycles. The molecule has 0 bridgehead atoms. The van der Waals surface area contributed by atoms with Crippen molar-refractivity contribution < 1.29 is 4.79 Å². The maximum absolute atomic E-state index is 11.3. The van der Waals surface area contributed by atoms with E-state index < -0.39 is 0 Å². The van der Waals surface area contributed by atoms with Crippen molar-refractivity contribution in [1.29, 1.82) is 0 Å². The van der Waals surface area contributed by atoms with E-state index in [1.165, 1.54) is 12.5 Å². The number of benzene rings is 1. The Morgan fingerprint density at radius 1 is 1.21 bits per heavy atom. The predicted molar refractivity (Wildman–Crippen MR) is 76.0 cm³/mol. The van der Waals surface area contributed by atoms with Gasteiger partial charge in [-0.1, -0.05) is 17.7 Å². The Kier molecular flexibility index (Phi) is 3.60. The van der Waals surface area contributed by atoms with Crippen LogP contribution in [-0.4, -0.2) is 15.8 Å². The molecule has 0 saturated carbocycles. The van der Waals surface area contributed by atoms with Crippen molar-refractivity contribution in [1.82, 2.24) is 9.97 Å². The smallest absolute Gasteiger partial charge is 0.227 e. The monoisotopic (exact) mass is 255 g/mol. The number of carbonyl (C=O) groups is 1. The fourth-order valence-corrected chi connectivity index (χ4v) is 1.95. The fourth-order valence-electron chi connectivity index (χ4n) is 1.95. The van der Waals surface area contributed by atoms with E-state index in [9.17, 15) is 4.79 Å². The standard InChI is InChI=1S/C15H17N3O/c1-9-5-6-14(10(2)7-9)18-15-16-8-13(12(4)19)11(3)17-15/h5-8H,1-4H3,(H,16,17,18). The van der Waals surface area contributed by atoms with Crippen LogP contribution in [0.3, 0.4) is 0 Å². The summed E-state index contributed by atoms with van der Waals surface area (Å²) in [6, 6.07) is 6.13. The van der Waals surface area contributed by atoms with Crippen LogP contribution in [-0.2, 0) is 0 Å². The van der Waals surface area contributed by atoms with Gasteiger partial charge in [-0.05, 0) is 39.3 Å². The highest BCUT2D eigenvalue weighted by Crippen LogP contribution is 2.19. The molecule has 0 atom stereocenters. The molecule has 0 fully saturated rings. The highest BCUT2D eigenvalue weighted by Gasteiger charge is 2.08. The third-order valence-electron chi connectivity index (χ3n) is 2.99. The molecule has 0 amide bonds. The van der Waals surface area contributed by atoms with Crippen LogP contribution in [0.15, 0.2) is 24.4 Å². The van der Waals surface area contributed by atoms with Gasteiger partial charge < -0.3 is 5.32 Å². The predicted octanol–water partition coefficient (Wildman–Crippen LogP) is 3.35. The molecule has 0 aliphatic rings. The van der Waals surface area contributed by atoms with E-state index in [1.54, 1.807) is 6.20 Å². The molecule has 4 nitrogen and oxygen atoms in total. The summed E-state index contributed by atoms with van der Waals surface area (Å²) in [5.41, 5.74) is 4.57. The quantitative estimate of drug-likeness (QED) is 0.854. The van der Waals surface area contributed by atoms with Gasteiger partial charge in [0, 0.05) is 11.9 Å². The summed E-state index contributed by atoms with van der Waals surface area (Å²) >= 11 is 0. The van der Waals surface area contributed by atoms with Gasteiger partial charge in [0.25, 0.3) is 0 Å². The third kappa shape index (κ3) is 2.96. The minimum Gasteiger partial charge on any atom is -0.324 e. The molecular formula is C15H17N3O. The number of Topliss-reactive ketones (excluding diaryl/α,β-unsaturated/α-hetero) is 1. The van der Waals surface area contributed by atoms with Crippen molar-refractivity contribution >= 4 is 17.4 Å². The number of hydrogen-bond donors (Lipinski definition) is 1. The number of aryl methyl sites for hydroxylation is 3. The lowest BCUT2D eigenvalue weighted by atomic mass is 10.1. The summed E-state index contributed by atoms with van der Waals surface area (Å²) in [4.78, 5) is 19.8. The summed E-state index contributed by atoms with van der Waals surface area (Å²) < 4.78 is 0. The van der Waals surface area contributed by atoms with Gasteiger partial charge in [0.15, 0.2) is 5.78 Å². The lowest BCUT2D eigenvalue weighted by Gasteiger charge is -2.10. The van der Waals surface area contributed by atoms with Crippen molar-refractivity contribution in [3.8, 4) is 0 Å². The zero-order valence-electron chi connectivity index (χ0n) is 11.6. The van der Waals surface area contributed by atoms with Gasteiger partial charge in [0.2, 0.25) is 5.95 Å². The summed E-state index contributed by atoms with van der Waals surface area (Å²) in [7, 11) is 0. The molecule has 1 aromatic carbocycles. The van der Waals surface area contributed by atoms with E-state index in [0.29, 0.717) is 17.2 Å². The van der Waals surface area contributed by atoms with E-state index in [2.05, 4.69) is 28.3 Å². The average Bonchev–Trinajstić information content (AvgIpc) is 2.32. The topological polar surface area (TPSA) is 54.9 Å². The number of nitrogens with one attached hydrogen (secondary N) is 1. The number of rotatable bonds is 3. The van der Waals surface area contributed by atoms with Gasteiger partial charge in [-0.3, -0.25) is 4.79 Å². The van der Waals surface area contributed by atoms with Crippen molar-refractivity contribution in [3.05, 3.63) is 46.8 Å². The maximum atomic E-state index is 11.3. The van der Waals surface area contributed by atoms with Gasteiger partial charge in [0.1, 0.15) is 0 Å². The van der Waals surface area contributed by atoms with Crippen LogP contribution in [0.4, 0.5) is 11.6 Å². The van der Waals surface area contributed by atoms with Gasteiger partial charge in [0.05, 0.1) is 11.3 Å². The number of carbonyl (C=O) groups excluding carboxylic acids is 1. The van der Waals surface area contributed by atoms with Gasteiger partial charge in [-0.2, -0.15) is 0 Å². The summed E-state index contributed by atoms with van der Waals surface area (Å²) in [5, 5.41) is 3.17. The first-order chi connectivity index (χ1) is 8.97. The normalized spacial score (nSPS) is 10.3. The molecule has 0 saturated heterocycles. The van der Waals surface area contributed by atoms with Crippen molar-refractivity contribution in [2.45, 2.75) is 27.7 Å². The highest BCUT2D eigenvalue weighted by molar-refractivity contribution is 5.94. The second kappa shape index (κ2) is 5.18. The Morgan fingerprint density at radius 2 is 1.95 bits per heavy atom. The second-order valence-electron chi connectivity index (χ2n) is 4.69. The van der Waals surface area contributed by atoms with Crippen LogP contribution in [0.2, 0.25) is 0 Å². The molecule has 98 valence electrons. The second-order valence-corrected chi connectivity index (χ2v) is 4.69. The molecule has 2 aromatic rings. The van der Waals surface area contributed by atoms with Crippen LogP contribution in [0, 0.1) is 20.8 Å². The van der Waals surface area contributed by atoms with E-state index in [4.69, 9.17) is 0 Å². The molecular weight excluding hydrogens is 238 g/mol. The Balaban J connectivity index is 2.29. The van der Waals surface area contributed by atoms with Crippen LogP contribution in [0.1, 0.15) is 34.1 Å². The van der Waals surface area contributed by atoms with Crippen LogP contribution >= 0.6 is 0 Å². The summed E-state index contributed by atoms with van der Waals surface area (Å²) in [5.74, 6) is 0.491. The molecule has 2 rings (SSSR count). The van der Waals surface area contributed by atoms with E-state index >= 15 is 0 Å². The Bertz CT molecular complexity index is 635. The lowest BCUT2D eigenvalue weighted by molar-refractivity contribution is 0.101. The minimum absolute atomic E-state index is 0.0180. The molecule has 0 unspecified atom stereocenters. The Morgan fingerprint density at radius 3 is 2.53 bits per heavy atom. The van der Waals surface area contributed by atoms with Gasteiger partial charge in [-0.25, -0.2) is 9.97 Å². The number of nitrogens with zero attached hydrogens (tertiary/aromatic N) is 2. The van der Waals surface area contributed by atoms with E-state index in [1.807, 2.05) is 26.0 Å². The summed E-state index contributed by atoms with van der Waals surface area (Å²) in [6.07, 6.45) is 1.57. The average molecular weight is 255 g/mol. The molecule has 1 N–H and O–H groups in total. The highest BCUT2D eigenvalue weighted by atomic mass is 16.1. The van der Waals surface area contributed by atoms with E-state index in [-0.39, 0.29) is 5.78 Å². The van der Waals surface area contributed by atoms with Crippen molar-refractivity contribution in [2.24, 2.45) is 0 Å². The Hall–Kier alpha value is -2.23. The number of hydrogen-bond acceptors (Lipinski definition) is 4. The molecule has 0 aliphatic carbocycles. The van der Waals surface area contributed by atoms with E-state index in [0.717, 1.165) is 11.3 Å². The molecule has 1 aromatic heterocycles. The van der Waals surface area contributed by atoms with Crippen LogP contribution in [0.5, 0.6) is 0 Å². The molecule has 1 heterocycles. The van der Waals surface area contributed by atoms with Crippen LogP contribution < -0.4 is 5.32 Å². The first-order valence-electron chi connectivity index (χ1n) is 6.16. The first kappa shape index (κ1) is 13.2. The lowest BCUT2D eigenvalue weighted by Crippen LogP contribution is -2.05. The third-order valence-corrected chi connectivity index (χ3v) is 2.99.